The molecule has 0 saturated heterocycles. The normalized spacial score (nSPS) is 11.2. The van der Waals surface area contributed by atoms with Crippen molar-refractivity contribution in [3.63, 3.8) is 0 Å². The highest BCUT2D eigenvalue weighted by atomic mass is 79.9. The number of benzene rings is 1. The molecule has 8 nitrogen and oxygen atoms in total. The largest absolute Gasteiger partial charge is 0.456 e. The van der Waals surface area contributed by atoms with E-state index in [0.717, 1.165) is 11.4 Å². The molecular weight excluding hydrogens is 440 g/mol. The molecule has 0 atom stereocenters. The number of nitro benzene ring substituents is 1. The molecule has 146 valence electrons. The summed E-state index contributed by atoms with van der Waals surface area (Å²) in [4.78, 5) is 23.2. The maximum absolute atomic E-state index is 12.4. The fourth-order valence-electron chi connectivity index (χ4n) is 2.74. The number of aromatic nitrogens is 1. The van der Waals surface area contributed by atoms with E-state index in [1.54, 1.807) is 22.9 Å². The van der Waals surface area contributed by atoms with E-state index in [4.69, 9.17) is 4.42 Å². The number of nitriles is 1. The van der Waals surface area contributed by atoms with Crippen molar-refractivity contribution in [3.05, 3.63) is 79.8 Å². The highest BCUT2D eigenvalue weighted by Gasteiger charge is 2.19. The number of halogens is 1. The summed E-state index contributed by atoms with van der Waals surface area (Å²) in [6.45, 7) is 3.65. The summed E-state index contributed by atoms with van der Waals surface area (Å²) >= 11 is 3.21. The lowest BCUT2D eigenvalue weighted by Crippen LogP contribution is -2.25. The van der Waals surface area contributed by atoms with Crippen LogP contribution >= 0.6 is 15.9 Å². The Morgan fingerprint density at radius 2 is 1.93 bits per heavy atom. The number of carbonyl (C=O) groups excluding carboxylic acids is 1. The van der Waals surface area contributed by atoms with Gasteiger partial charge in [0.05, 0.1) is 10.5 Å². The molecule has 0 aliphatic heterocycles. The lowest BCUT2D eigenvalue weighted by Gasteiger charge is -2.10. The molecule has 0 radical (unpaired) electrons. The van der Waals surface area contributed by atoms with E-state index in [1.807, 2.05) is 32.0 Å². The fraction of sp³-hybridized carbons (Fsp3) is 0.100. The van der Waals surface area contributed by atoms with E-state index in [9.17, 15) is 20.2 Å². The monoisotopic (exact) mass is 454 g/mol. The Labute approximate surface area is 174 Å². The maximum atomic E-state index is 12.4. The minimum atomic E-state index is -0.595. The van der Waals surface area contributed by atoms with Crippen LogP contribution in [0.4, 0.5) is 5.69 Å². The smallest absolute Gasteiger partial charge is 0.281 e. The molecule has 1 amide bonds. The van der Waals surface area contributed by atoms with E-state index >= 15 is 0 Å². The Morgan fingerprint density at radius 1 is 1.24 bits per heavy atom. The average molecular weight is 455 g/mol. The molecule has 3 aromatic rings. The number of amides is 1. The quantitative estimate of drug-likeness (QED) is 0.259. The average Bonchev–Trinajstić information content (AvgIpc) is 3.27. The molecule has 29 heavy (non-hydrogen) atoms. The third-order valence-electron chi connectivity index (χ3n) is 4.18. The van der Waals surface area contributed by atoms with Crippen molar-refractivity contribution in [3.8, 4) is 17.4 Å². The number of carbonyl (C=O) groups is 1. The molecule has 0 unspecified atom stereocenters. The van der Waals surface area contributed by atoms with Crippen LogP contribution in [0.15, 0.2) is 56.9 Å². The van der Waals surface area contributed by atoms with E-state index < -0.39 is 10.8 Å². The van der Waals surface area contributed by atoms with Crippen LogP contribution in [0.3, 0.4) is 0 Å². The summed E-state index contributed by atoms with van der Waals surface area (Å²) in [6, 6.07) is 13.2. The molecule has 0 spiro atoms. The Balaban J connectivity index is 1.90. The van der Waals surface area contributed by atoms with Crippen molar-refractivity contribution >= 4 is 33.6 Å². The molecule has 0 fully saturated rings. The molecule has 0 aliphatic rings. The van der Waals surface area contributed by atoms with E-state index in [2.05, 4.69) is 21.4 Å². The topological polar surface area (TPSA) is 114 Å². The van der Waals surface area contributed by atoms with Crippen LogP contribution in [0, 0.1) is 35.3 Å². The number of nitrogens with one attached hydrogen (secondary N) is 1. The van der Waals surface area contributed by atoms with Gasteiger partial charge >= 0.3 is 0 Å². The lowest BCUT2D eigenvalue weighted by molar-refractivity contribution is -0.384. The van der Waals surface area contributed by atoms with Gasteiger partial charge in [-0.1, -0.05) is 15.9 Å². The van der Waals surface area contributed by atoms with Gasteiger partial charge in [0.15, 0.2) is 0 Å². The van der Waals surface area contributed by atoms with Crippen LogP contribution in [0.2, 0.25) is 0 Å². The minimum absolute atomic E-state index is 0.124. The van der Waals surface area contributed by atoms with Crippen LogP contribution in [-0.2, 0) is 4.79 Å². The van der Waals surface area contributed by atoms with Gasteiger partial charge in [0, 0.05) is 28.0 Å². The second kappa shape index (κ2) is 8.16. The number of nitro groups is 1. The second-order valence-corrected chi connectivity index (χ2v) is 7.10. The van der Waals surface area contributed by atoms with Crippen LogP contribution in [0.25, 0.3) is 17.4 Å². The van der Waals surface area contributed by atoms with Crippen LogP contribution < -0.4 is 5.43 Å². The molecule has 0 saturated carbocycles. The zero-order chi connectivity index (χ0) is 21.1. The number of nitrogens with zero attached hydrogens (tertiary/aromatic N) is 3. The summed E-state index contributed by atoms with van der Waals surface area (Å²) in [6.07, 6.45) is 1.29. The third kappa shape index (κ3) is 4.28. The van der Waals surface area contributed by atoms with Crippen LogP contribution in [0.1, 0.15) is 17.1 Å². The van der Waals surface area contributed by atoms with Crippen molar-refractivity contribution in [1.29, 1.82) is 5.26 Å². The fourth-order valence-corrected chi connectivity index (χ4v) is 3.09. The summed E-state index contributed by atoms with van der Waals surface area (Å²) in [5.41, 5.74) is 4.28. The van der Waals surface area contributed by atoms with Crippen molar-refractivity contribution in [1.82, 2.24) is 4.68 Å². The van der Waals surface area contributed by atoms with Gasteiger partial charge in [-0.25, -0.2) is 0 Å². The van der Waals surface area contributed by atoms with Crippen LogP contribution in [-0.4, -0.2) is 15.5 Å². The van der Waals surface area contributed by atoms with Gasteiger partial charge in [0.1, 0.15) is 23.2 Å². The zero-order valence-electron chi connectivity index (χ0n) is 15.5. The van der Waals surface area contributed by atoms with E-state index in [1.165, 1.54) is 18.2 Å². The van der Waals surface area contributed by atoms with Gasteiger partial charge in [-0.05, 0) is 50.2 Å². The SMILES string of the molecule is Cc1ccc(C)n1NC(=O)/C(C#N)=C\c1ccc(-c2ccc(Br)cc2[N+](=O)[O-])o1. The molecule has 0 aliphatic carbocycles. The first-order valence-electron chi connectivity index (χ1n) is 8.42. The molecule has 9 heteroatoms. The molecule has 1 aromatic carbocycles. The van der Waals surface area contributed by atoms with Gasteiger partial charge in [-0.2, -0.15) is 5.26 Å². The Hall–Kier alpha value is -3.64. The summed E-state index contributed by atoms with van der Waals surface area (Å²) in [5, 5.41) is 20.7. The predicted molar refractivity (Wildman–Crippen MR) is 110 cm³/mol. The van der Waals surface area contributed by atoms with Crippen molar-refractivity contribution in [2.24, 2.45) is 0 Å². The highest BCUT2D eigenvalue weighted by Crippen LogP contribution is 2.33. The van der Waals surface area contributed by atoms with Crippen molar-refractivity contribution < 1.29 is 14.1 Å². The molecule has 2 aromatic heterocycles. The third-order valence-corrected chi connectivity index (χ3v) is 4.68. The summed E-state index contributed by atoms with van der Waals surface area (Å²) in [7, 11) is 0. The van der Waals surface area contributed by atoms with Gasteiger partial charge in [0.25, 0.3) is 11.6 Å². The number of rotatable bonds is 5. The number of hydrogen-bond donors (Lipinski definition) is 1. The predicted octanol–water partition coefficient (Wildman–Crippen LogP) is 4.71. The van der Waals surface area contributed by atoms with Crippen molar-refractivity contribution in [2.45, 2.75) is 13.8 Å². The van der Waals surface area contributed by atoms with Gasteiger partial charge in [0.2, 0.25) is 0 Å². The first-order chi connectivity index (χ1) is 13.8. The maximum Gasteiger partial charge on any atom is 0.281 e. The molecule has 0 bridgehead atoms. The summed E-state index contributed by atoms with van der Waals surface area (Å²) in [5.74, 6) is -0.113. The Bertz CT molecular complexity index is 1160. The van der Waals surface area contributed by atoms with E-state index in [0.29, 0.717) is 10.0 Å². The van der Waals surface area contributed by atoms with Crippen molar-refractivity contribution in [2.75, 3.05) is 5.43 Å². The van der Waals surface area contributed by atoms with Crippen LogP contribution in [0.5, 0.6) is 0 Å². The molecule has 2 heterocycles. The zero-order valence-corrected chi connectivity index (χ0v) is 17.1. The Kier molecular flexibility index (Phi) is 5.66. The number of aryl methyl sites for hydroxylation is 2. The molecule has 3 rings (SSSR count). The number of furan rings is 1. The van der Waals surface area contributed by atoms with Gasteiger partial charge < -0.3 is 4.42 Å². The van der Waals surface area contributed by atoms with Gasteiger partial charge in [-0.3, -0.25) is 25.0 Å². The number of hydrogen-bond acceptors (Lipinski definition) is 5. The summed E-state index contributed by atoms with van der Waals surface area (Å²) < 4.78 is 7.78. The highest BCUT2D eigenvalue weighted by molar-refractivity contribution is 9.10. The molecule has 1 N–H and O–H groups in total. The van der Waals surface area contributed by atoms with Gasteiger partial charge in [-0.15, -0.1) is 0 Å². The first kappa shape index (κ1) is 20.1. The lowest BCUT2D eigenvalue weighted by atomic mass is 10.1. The van der Waals surface area contributed by atoms with E-state index in [-0.39, 0.29) is 22.8 Å². The Morgan fingerprint density at radius 3 is 2.55 bits per heavy atom. The second-order valence-electron chi connectivity index (χ2n) is 6.18. The minimum Gasteiger partial charge on any atom is -0.456 e. The standard InChI is InChI=1S/C20H15BrN4O4/c1-12-3-4-13(2)24(12)23-20(26)14(11-22)9-16-6-8-19(29-16)17-7-5-15(21)10-18(17)25(27)28/h3-10H,1-2H3,(H,23,26)/b14-9-. The molecular formula is C20H15BrN4O4. The first-order valence-corrected chi connectivity index (χ1v) is 9.21.